The molecule has 3 aromatic rings. The number of aromatic nitrogens is 2. The maximum atomic E-state index is 15.2. The topological polar surface area (TPSA) is 72.9 Å². The van der Waals surface area contributed by atoms with Crippen molar-refractivity contribution in [3.05, 3.63) is 64.2 Å². The van der Waals surface area contributed by atoms with Gasteiger partial charge in [0.1, 0.15) is 5.69 Å². The standard InChI is InChI=1S/C20H20F2N4O/c21-16-18(23)15-14(27)8-11-26(13-6-7-13)20(15)17(22)19(16)25-10-3-5-12-4-1-2-9-24-12/h1-2,4,8-9,11,13,25H,3,5-7,10,23H2. The van der Waals surface area contributed by atoms with Gasteiger partial charge in [-0.15, -0.1) is 0 Å². The van der Waals surface area contributed by atoms with E-state index >= 15 is 4.39 Å². The molecule has 27 heavy (non-hydrogen) atoms. The first-order valence-corrected chi connectivity index (χ1v) is 9.03. The molecule has 1 aromatic carbocycles. The van der Waals surface area contributed by atoms with Gasteiger partial charge in [0, 0.05) is 36.7 Å². The van der Waals surface area contributed by atoms with Crippen LogP contribution in [0.1, 0.15) is 31.0 Å². The number of nitrogens with zero attached hydrogens (tertiary/aromatic N) is 2. The van der Waals surface area contributed by atoms with Crippen molar-refractivity contribution in [3.8, 4) is 0 Å². The van der Waals surface area contributed by atoms with Gasteiger partial charge in [0.2, 0.25) is 0 Å². The number of halogens is 2. The van der Waals surface area contributed by atoms with Crippen LogP contribution in [0.3, 0.4) is 0 Å². The van der Waals surface area contributed by atoms with E-state index < -0.39 is 17.1 Å². The number of aryl methyl sites for hydroxylation is 1. The molecule has 1 aliphatic rings. The van der Waals surface area contributed by atoms with Crippen molar-refractivity contribution in [3.63, 3.8) is 0 Å². The fourth-order valence-electron chi connectivity index (χ4n) is 3.34. The summed E-state index contributed by atoms with van der Waals surface area (Å²) >= 11 is 0. The molecule has 140 valence electrons. The third kappa shape index (κ3) is 3.25. The summed E-state index contributed by atoms with van der Waals surface area (Å²) in [6, 6.07) is 7.09. The van der Waals surface area contributed by atoms with Crippen LogP contribution in [-0.2, 0) is 6.42 Å². The molecule has 1 fully saturated rings. The van der Waals surface area contributed by atoms with Crippen molar-refractivity contribution in [1.29, 1.82) is 0 Å². The van der Waals surface area contributed by atoms with E-state index in [1.54, 1.807) is 17.0 Å². The largest absolute Gasteiger partial charge is 0.396 e. The van der Waals surface area contributed by atoms with Crippen LogP contribution < -0.4 is 16.5 Å². The van der Waals surface area contributed by atoms with Crippen LogP contribution in [-0.4, -0.2) is 16.1 Å². The van der Waals surface area contributed by atoms with Gasteiger partial charge >= 0.3 is 0 Å². The molecule has 0 unspecified atom stereocenters. The molecule has 5 nitrogen and oxygen atoms in total. The minimum absolute atomic E-state index is 0.0797. The van der Waals surface area contributed by atoms with E-state index in [1.807, 2.05) is 18.2 Å². The molecule has 0 radical (unpaired) electrons. The highest BCUT2D eigenvalue weighted by Crippen LogP contribution is 2.40. The molecule has 1 aliphatic carbocycles. The van der Waals surface area contributed by atoms with Crippen molar-refractivity contribution in [2.45, 2.75) is 31.7 Å². The monoisotopic (exact) mass is 370 g/mol. The zero-order valence-electron chi connectivity index (χ0n) is 14.7. The van der Waals surface area contributed by atoms with Crippen LogP contribution >= 0.6 is 0 Å². The highest BCUT2D eigenvalue weighted by atomic mass is 19.1. The molecule has 0 aliphatic heterocycles. The van der Waals surface area contributed by atoms with Gasteiger partial charge in [0.25, 0.3) is 0 Å². The van der Waals surface area contributed by atoms with Gasteiger partial charge in [-0.1, -0.05) is 6.07 Å². The van der Waals surface area contributed by atoms with Crippen LogP contribution in [0.25, 0.3) is 10.9 Å². The van der Waals surface area contributed by atoms with Crippen molar-refractivity contribution in [2.24, 2.45) is 0 Å². The normalized spacial score (nSPS) is 13.9. The summed E-state index contributed by atoms with van der Waals surface area (Å²) in [4.78, 5) is 16.4. The van der Waals surface area contributed by atoms with Gasteiger partial charge in [-0.05, 0) is 37.8 Å². The first-order valence-electron chi connectivity index (χ1n) is 9.03. The Labute approximate surface area is 154 Å². The second-order valence-corrected chi connectivity index (χ2v) is 6.81. The fourth-order valence-corrected chi connectivity index (χ4v) is 3.34. The maximum Gasteiger partial charge on any atom is 0.191 e. The number of pyridine rings is 2. The fraction of sp³-hybridized carbons (Fsp3) is 0.300. The van der Waals surface area contributed by atoms with Crippen molar-refractivity contribution >= 4 is 22.3 Å². The Morgan fingerprint density at radius 3 is 2.74 bits per heavy atom. The van der Waals surface area contributed by atoms with E-state index in [0.717, 1.165) is 18.5 Å². The summed E-state index contributed by atoms with van der Waals surface area (Å²) < 4.78 is 31.5. The second kappa shape index (κ2) is 6.98. The first kappa shape index (κ1) is 17.5. The lowest BCUT2D eigenvalue weighted by Crippen LogP contribution is -2.16. The van der Waals surface area contributed by atoms with E-state index in [0.29, 0.717) is 19.4 Å². The minimum Gasteiger partial charge on any atom is -0.396 e. The number of nitrogen functional groups attached to an aromatic ring is 1. The van der Waals surface area contributed by atoms with Crippen molar-refractivity contribution < 1.29 is 8.78 Å². The van der Waals surface area contributed by atoms with Gasteiger partial charge in [0.15, 0.2) is 17.1 Å². The highest BCUT2D eigenvalue weighted by molar-refractivity contribution is 5.94. The molecule has 4 rings (SSSR count). The Hall–Kier alpha value is -2.96. The number of rotatable bonds is 6. The third-order valence-electron chi connectivity index (χ3n) is 4.86. The Morgan fingerprint density at radius 1 is 1.22 bits per heavy atom. The van der Waals surface area contributed by atoms with Crippen LogP contribution in [0.5, 0.6) is 0 Å². The van der Waals surface area contributed by atoms with E-state index in [2.05, 4.69) is 10.3 Å². The molecule has 3 N–H and O–H groups in total. The van der Waals surface area contributed by atoms with Gasteiger partial charge in [0.05, 0.1) is 16.6 Å². The van der Waals surface area contributed by atoms with Crippen molar-refractivity contribution in [1.82, 2.24) is 9.55 Å². The molecule has 1 saturated carbocycles. The first-order chi connectivity index (χ1) is 13.1. The lowest BCUT2D eigenvalue weighted by molar-refractivity contribution is 0.589. The number of nitrogens with one attached hydrogen (secondary N) is 1. The number of fused-ring (bicyclic) bond motifs is 1. The molecule has 0 spiro atoms. The quantitative estimate of drug-likeness (QED) is 0.513. The van der Waals surface area contributed by atoms with Gasteiger partial charge in [-0.2, -0.15) is 0 Å². The number of benzene rings is 1. The number of anilines is 2. The van der Waals surface area contributed by atoms with Gasteiger partial charge in [-0.3, -0.25) is 9.78 Å². The van der Waals surface area contributed by atoms with E-state index in [-0.39, 0.29) is 28.3 Å². The highest BCUT2D eigenvalue weighted by Gasteiger charge is 2.29. The van der Waals surface area contributed by atoms with Gasteiger partial charge < -0.3 is 15.6 Å². The molecular weight excluding hydrogens is 350 g/mol. The summed E-state index contributed by atoms with van der Waals surface area (Å²) in [7, 11) is 0. The Morgan fingerprint density at radius 2 is 2.04 bits per heavy atom. The Bertz CT molecular complexity index is 1050. The zero-order valence-corrected chi connectivity index (χ0v) is 14.7. The molecule has 0 saturated heterocycles. The third-order valence-corrected chi connectivity index (χ3v) is 4.86. The Kier molecular flexibility index (Phi) is 4.51. The SMILES string of the molecule is Nc1c(F)c(NCCCc2ccccn2)c(F)c2c1c(=O)ccn2C1CC1. The summed E-state index contributed by atoms with van der Waals surface area (Å²) in [6.07, 6.45) is 6.42. The summed E-state index contributed by atoms with van der Waals surface area (Å²) in [5.74, 6) is -1.68. The van der Waals surface area contributed by atoms with Crippen LogP contribution in [0.2, 0.25) is 0 Å². The minimum atomic E-state index is -0.913. The van der Waals surface area contributed by atoms with E-state index in [9.17, 15) is 9.18 Å². The molecule has 0 amide bonds. The predicted molar refractivity (Wildman–Crippen MR) is 102 cm³/mol. The smallest absolute Gasteiger partial charge is 0.191 e. The van der Waals surface area contributed by atoms with Crippen LogP contribution in [0.4, 0.5) is 20.2 Å². The summed E-state index contributed by atoms with van der Waals surface area (Å²) in [5, 5.41) is 2.73. The van der Waals surface area contributed by atoms with E-state index in [1.165, 1.54) is 6.07 Å². The molecule has 0 atom stereocenters. The second-order valence-electron chi connectivity index (χ2n) is 6.81. The molecule has 7 heteroatoms. The summed E-state index contributed by atoms with van der Waals surface area (Å²) in [6.45, 7) is 0.357. The zero-order chi connectivity index (χ0) is 19.0. The predicted octanol–water partition coefficient (Wildman–Crippen LogP) is 3.64. The van der Waals surface area contributed by atoms with Crippen LogP contribution in [0, 0.1) is 11.6 Å². The van der Waals surface area contributed by atoms with E-state index in [4.69, 9.17) is 5.73 Å². The molecule has 0 bridgehead atoms. The van der Waals surface area contributed by atoms with Crippen LogP contribution in [0.15, 0.2) is 41.5 Å². The summed E-state index contributed by atoms with van der Waals surface area (Å²) in [5.41, 5.74) is 5.81. The average Bonchev–Trinajstić information content (AvgIpc) is 3.51. The average molecular weight is 370 g/mol. The lowest BCUT2D eigenvalue weighted by atomic mass is 10.1. The number of nitrogens with two attached hydrogens (primary N) is 1. The molecule has 2 heterocycles. The van der Waals surface area contributed by atoms with Gasteiger partial charge in [-0.25, -0.2) is 8.78 Å². The maximum absolute atomic E-state index is 15.2. The lowest BCUT2D eigenvalue weighted by Gasteiger charge is -2.17. The van der Waals surface area contributed by atoms with Crippen molar-refractivity contribution in [2.75, 3.05) is 17.6 Å². The number of hydrogen-bond acceptors (Lipinski definition) is 4. The molecule has 2 aromatic heterocycles. The number of hydrogen-bond donors (Lipinski definition) is 2. The molecular formula is C20H20F2N4O. The Balaban J connectivity index is 1.64.